The van der Waals surface area contributed by atoms with Crippen molar-refractivity contribution in [3.63, 3.8) is 0 Å². The molecule has 0 saturated heterocycles. The molecule has 0 atom stereocenters. The van der Waals surface area contributed by atoms with E-state index in [0.717, 1.165) is 28.4 Å². The molecule has 296 valence electrons. The monoisotopic (exact) mass is 813 g/mol. The lowest BCUT2D eigenvalue weighted by Crippen LogP contribution is -2.13. The third kappa shape index (κ3) is 6.52. The molecule has 1 aliphatic rings. The standard InChI is InChI=1S/C58H43N3S/c1-38-33-39(2)58(40(3)34-38)61(45-19-11-6-12-20-45)46-27-24-41(25-28-46)43-26-30-51-54(35-43)62-53-23-13-22-49-52-36-47(60(44-17-9-5-10-18-44)48-21-14-32-59-37-48)29-31-50(52)55(57(51)56(49)53)42-15-7-4-8-16-42/h4-37H,1-3H3. The SMILES string of the molecule is Cc1cc(C)c(N(c2ccccc2)c2ccc(-c3ccc4c(c3)Sc3cccc5c3c-4c(-c3ccccc3)c3ccc(N(c4ccccc4)c4cccnc4)cc35)cc2)c(C)c1. The van der Waals surface area contributed by atoms with Crippen LogP contribution in [0.15, 0.2) is 216 Å². The van der Waals surface area contributed by atoms with Crippen molar-refractivity contribution in [3.8, 4) is 33.4 Å². The third-order valence-corrected chi connectivity index (χ3v) is 13.2. The zero-order valence-electron chi connectivity index (χ0n) is 34.9. The first-order valence-corrected chi connectivity index (χ1v) is 22.0. The van der Waals surface area contributed by atoms with E-state index in [9.17, 15) is 0 Å². The minimum atomic E-state index is 1.02. The Balaban J connectivity index is 1.05. The van der Waals surface area contributed by atoms with Gasteiger partial charge in [0.25, 0.3) is 0 Å². The highest BCUT2D eigenvalue weighted by Crippen LogP contribution is 2.55. The van der Waals surface area contributed by atoms with Gasteiger partial charge in [0.05, 0.1) is 17.6 Å². The Bertz CT molecular complexity index is 3210. The van der Waals surface area contributed by atoms with E-state index in [1.807, 2.05) is 30.2 Å². The van der Waals surface area contributed by atoms with Gasteiger partial charge in [-0.15, -0.1) is 0 Å². The van der Waals surface area contributed by atoms with Gasteiger partial charge in [0.15, 0.2) is 0 Å². The van der Waals surface area contributed by atoms with Gasteiger partial charge in [-0.25, -0.2) is 0 Å². The van der Waals surface area contributed by atoms with E-state index >= 15 is 0 Å². The molecule has 3 nitrogen and oxygen atoms in total. The maximum atomic E-state index is 4.51. The summed E-state index contributed by atoms with van der Waals surface area (Å²) in [6, 6.07) is 70.9. The Hall–Kier alpha value is -7.40. The number of pyridine rings is 1. The predicted molar refractivity (Wildman–Crippen MR) is 263 cm³/mol. The minimum absolute atomic E-state index is 1.02. The van der Waals surface area contributed by atoms with Gasteiger partial charge in [-0.3, -0.25) is 4.98 Å². The molecule has 10 aromatic rings. The summed E-state index contributed by atoms with van der Waals surface area (Å²) in [5.41, 5.74) is 18.0. The van der Waals surface area contributed by atoms with Gasteiger partial charge < -0.3 is 9.80 Å². The van der Waals surface area contributed by atoms with Crippen LogP contribution in [0.2, 0.25) is 0 Å². The molecule has 0 N–H and O–H groups in total. The fraction of sp³-hybridized carbons (Fsp3) is 0.0517. The minimum Gasteiger partial charge on any atom is -0.310 e. The van der Waals surface area contributed by atoms with Crippen molar-refractivity contribution in [2.75, 3.05) is 9.80 Å². The van der Waals surface area contributed by atoms with Crippen LogP contribution < -0.4 is 9.80 Å². The normalized spacial score (nSPS) is 11.7. The molecule has 0 bridgehead atoms. The summed E-state index contributed by atoms with van der Waals surface area (Å²) in [5.74, 6) is 0. The summed E-state index contributed by atoms with van der Waals surface area (Å²) in [7, 11) is 0. The average Bonchev–Trinajstić information content (AvgIpc) is 3.31. The molecular formula is C58H43N3S. The molecule has 0 unspecified atom stereocenters. The van der Waals surface area contributed by atoms with Crippen molar-refractivity contribution in [1.82, 2.24) is 4.98 Å². The first-order valence-electron chi connectivity index (χ1n) is 21.2. The van der Waals surface area contributed by atoms with Crippen LogP contribution in [0.4, 0.5) is 34.1 Å². The highest BCUT2D eigenvalue weighted by atomic mass is 32.2. The molecule has 9 aromatic carbocycles. The van der Waals surface area contributed by atoms with Gasteiger partial charge in [-0.2, -0.15) is 0 Å². The maximum Gasteiger partial charge on any atom is 0.0644 e. The topological polar surface area (TPSA) is 19.4 Å². The molecule has 0 fully saturated rings. The van der Waals surface area contributed by atoms with Crippen LogP contribution in [0, 0.1) is 20.8 Å². The Kier molecular flexibility index (Phi) is 9.44. The van der Waals surface area contributed by atoms with E-state index in [0.29, 0.717) is 0 Å². The Labute approximate surface area is 367 Å². The van der Waals surface area contributed by atoms with Crippen molar-refractivity contribution in [3.05, 3.63) is 223 Å². The van der Waals surface area contributed by atoms with Crippen LogP contribution in [0.5, 0.6) is 0 Å². The first kappa shape index (κ1) is 37.6. The second-order valence-corrected chi connectivity index (χ2v) is 17.3. The van der Waals surface area contributed by atoms with Gasteiger partial charge in [0, 0.05) is 49.7 Å². The van der Waals surface area contributed by atoms with Crippen LogP contribution in [-0.2, 0) is 0 Å². The number of hydrogen-bond acceptors (Lipinski definition) is 4. The van der Waals surface area contributed by atoms with E-state index in [1.165, 1.54) is 87.1 Å². The molecule has 0 saturated carbocycles. The van der Waals surface area contributed by atoms with Crippen molar-refractivity contribution >= 4 is 67.4 Å². The van der Waals surface area contributed by atoms with E-state index < -0.39 is 0 Å². The molecule has 0 amide bonds. The van der Waals surface area contributed by atoms with Gasteiger partial charge in [0.1, 0.15) is 0 Å². The van der Waals surface area contributed by atoms with Crippen molar-refractivity contribution in [2.24, 2.45) is 0 Å². The number of anilines is 6. The molecule has 0 radical (unpaired) electrons. The Morgan fingerprint density at radius 2 is 1.03 bits per heavy atom. The van der Waals surface area contributed by atoms with Gasteiger partial charge in [-0.1, -0.05) is 139 Å². The second-order valence-electron chi connectivity index (χ2n) is 16.2. The van der Waals surface area contributed by atoms with E-state index in [1.54, 1.807) is 0 Å². The maximum absolute atomic E-state index is 4.51. The van der Waals surface area contributed by atoms with Gasteiger partial charge in [0.2, 0.25) is 0 Å². The lowest BCUT2D eigenvalue weighted by atomic mass is 9.84. The molecule has 1 aliphatic heterocycles. The number of aromatic nitrogens is 1. The largest absolute Gasteiger partial charge is 0.310 e. The fourth-order valence-electron chi connectivity index (χ4n) is 9.58. The number of fused-ring (bicyclic) bond motifs is 4. The highest BCUT2D eigenvalue weighted by Gasteiger charge is 2.27. The summed E-state index contributed by atoms with van der Waals surface area (Å²) in [5, 5.41) is 5.03. The predicted octanol–water partition coefficient (Wildman–Crippen LogP) is 16.7. The van der Waals surface area contributed by atoms with E-state index in [-0.39, 0.29) is 0 Å². The number of rotatable bonds is 8. The van der Waals surface area contributed by atoms with Crippen molar-refractivity contribution < 1.29 is 0 Å². The number of nitrogens with zero attached hydrogens (tertiary/aromatic N) is 3. The molecule has 11 rings (SSSR count). The molecule has 62 heavy (non-hydrogen) atoms. The zero-order valence-corrected chi connectivity index (χ0v) is 35.7. The van der Waals surface area contributed by atoms with Gasteiger partial charge in [-0.05, 0) is 149 Å². The second kappa shape index (κ2) is 15.6. The number of para-hydroxylation sites is 2. The highest BCUT2D eigenvalue weighted by molar-refractivity contribution is 7.99. The molecular weight excluding hydrogens is 771 g/mol. The molecule has 2 heterocycles. The molecule has 0 aliphatic carbocycles. The summed E-state index contributed by atoms with van der Waals surface area (Å²) in [4.78, 5) is 11.7. The Morgan fingerprint density at radius 1 is 0.403 bits per heavy atom. The van der Waals surface area contributed by atoms with Crippen LogP contribution in [0.3, 0.4) is 0 Å². The third-order valence-electron chi connectivity index (χ3n) is 12.1. The van der Waals surface area contributed by atoms with E-state index in [4.69, 9.17) is 0 Å². The number of hydrogen-bond donors (Lipinski definition) is 0. The fourth-order valence-corrected chi connectivity index (χ4v) is 10.7. The molecule has 4 heteroatoms. The van der Waals surface area contributed by atoms with Crippen LogP contribution in [0.25, 0.3) is 54.9 Å². The van der Waals surface area contributed by atoms with Crippen LogP contribution in [-0.4, -0.2) is 4.98 Å². The van der Waals surface area contributed by atoms with Crippen molar-refractivity contribution in [1.29, 1.82) is 0 Å². The summed E-state index contributed by atoms with van der Waals surface area (Å²) < 4.78 is 0. The summed E-state index contributed by atoms with van der Waals surface area (Å²) in [6.45, 7) is 6.61. The average molecular weight is 814 g/mol. The molecule has 0 spiro atoms. The Morgan fingerprint density at radius 3 is 1.73 bits per heavy atom. The van der Waals surface area contributed by atoms with Crippen molar-refractivity contribution in [2.45, 2.75) is 30.6 Å². The quantitative estimate of drug-likeness (QED) is 0.142. The lowest BCUT2D eigenvalue weighted by molar-refractivity contribution is 1.20. The van der Waals surface area contributed by atoms with Gasteiger partial charge >= 0.3 is 0 Å². The number of benzene rings is 9. The molecule has 1 aromatic heterocycles. The first-order chi connectivity index (χ1) is 30.5. The lowest BCUT2D eigenvalue weighted by Gasteiger charge is -2.29. The number of aryl methyl sites for hydroxylation is 3. The zero-order chi connectivity index (χ0) is 41.7. The van der Waals surface area contributed by atoms with Crippen LogP contribution >= 0.6 is 11.8 Å². The summed E-state index contributed by atoms with van der Waals surface area (Å²) >= 11 is 1.88. The smallest absolute Gasteiger partial charge is 0.0644 e. The summed E-state index contributed by atoms with van der Waals surface area (Å²) in [6.07, 6.45) is 3.77. The van der Waals surface area contributed by atoms with Crippen LogP contribution in [0.1, 0.15) is 16.7 Å². The van der Waals surface area contributed by atoms with E-state index in [2.05, 4.69) is 224 Å².